The van der Waals surface area contributed by atoms with Gasteiger partial charge in [-0.25, -0.2) is 0 Å². The molecule has 0 atom stereocenters. The number of hydrogen-bond donors (Lipinski definition) is 0. The van der Waals surface area contributed by atoms with Crippen molar-refractivity contribution >= 4 is 59.3 Å². The van der Waals surface area contributed by atoms with Crippen LogP contribution in [0.15, 0.2) is 212 Å². The van der Waals surface area contributed by atoms with E-state index in [2.05, 4.69) is 217 Å². The molecular formula is C52H35NS. The first-order valence-corrected chi connectivity index (χ1v) is 19.2. The minimum Gasteiger partial charge on any atom is -0.310 e. The molecular weight excluding hydrogens is 671 g/mol. The number of anilines is 3. The predicted molar refractivity (Wildman–Crippen MR) is 233 cm³/mol. The number of thiophene rings is 1. The summed E-state index contributed by atoms with van der Waals surface area (Å²) >= 11 is 1.88. The normalized spacial score (nSPS) is 11.3. The van der Waals surface area contributed by atoms with Crippen molar-refractivity contribution in [1.29, 1.82) is 0 Å². The molecule has 0 aliphatic rings. The summed E-state index contributed by atoms with van der Waals surface area (Å²) in [4.78, 5) is 2.39. The van der Waals surface area contributed by atoms with Gasteiger partial charge in [-0.15, -0.1) is 11.3 Å². The highest BCUT2D eigenvalue weighted by Gasteiger charge is 2.19. The molecule has 54 heavy (non-hydrogen) atoms. The molecule has 9 aromatic carbocycles. The van der Waals surface area contributed by atoms with Gasteiger partial charge in [0.15, 0.2) is 0 Å². The maximum absolute atomic E-state index is 2.39. The number of para-hydroxylation sites is 1. The molecule has 0 bridgehead atoms. The summed E-state index contributed by atoms with van der Waals surface area (Å²) in [5, 5.41) is 5.08. The van der Waals surface area contributed by atoms with Gasteiger partial charge < -0.3 is 4.90 Å². The molecule has 0 saturated heterocycles. The van der Waals surface area contributed by atoms with Gasteiger partial charge in [0.2, 0.25) is 0 Å². The van der Waals surface area contributed by atoms with E-state index in [1.807, 2.05) is 11.3 Å². The van der Waals surface area contributed by atoms with Crippen LogP contribution < -0.4 is 4.90 Å². The average molecular weight is 706 g/mol. The fourth-order valence-electron chi connectivity index (χ4n) is 7.68. The molecule has 0 unspecified atom stereocenters. The van der Waals surface area contributed by atoms with Crippen LogP contribution in [0, 0.1) is 0 Å². The molecule has 0 aliphatic carbocycles. The molecule has 0 amide bonds. The van der Waals surface area contributed by atoms with Crippen LogP contribution in [-0.2, 0) is 0 Å². The van der Waals surface area contributed by atoms with Crippen LogP contribution in [0.5, 0.6) is 0 Å². The van der Waals surface area contributed by atoms with E-state index in [9.17, 15) is 0 Å². The summed E-state index contributed by atoms with van der Waals surface area (Å²) in [6.45, 7) is 0. The van der Waals surface area contributed by atoms with Crippen LogP contribution in [0.1, 0.15) is 0 Å². The molecule has 0 fully saturated rings. The van der Waals surface area contributed by atoms with E-state index in [1.54, 1.807) is 0 Å². The van der Waals surface area contributed by atoms with Crippen molar-refractivity contribution in [3.8, 4) is 44.5 Å². The Balaban J connectivity index is 1.03. The number of benzene rings is 9. The summed E-state index contributed by atoms with van der Waals surface area (Å²) in [5.74, 6) is 0. The molecule has 254 valence electrons. The Kier molecular flexibility index (Phi) is 8.09. The Hall–Kier alpha value is -6.74. The van der Waals surface area contributed by atoms with Crippen LogP contribution in [0.25, 0.3) is 75.5 Å². The second kappa shape index (κ2) is 13.7. The van der Waals surface area contributed by atoms with Gasteiger partial charge in [-0.1, -0.05) is 164 Å². The molecule has 0 radical (unpaired) electrons. The lowest BCUT2D eigenvalue weighted by atomic mass is 9.97. The molecule has 0 spiro atoms. The Labute approximate surface area is 319 Å². The van der Waals surface area contributed by atoms with Crippen molar-refractivity contribution < 1.29 is 0 Å². The zero-order valence-corrected chi connectivity index (χ0v) is 30.4. The SMILES string of the molecule is c1ccc(-c2ccc(-c3ccc(-c4ccc(N(c5ccccc5)c5cc(-c6ccc7ccccc7c6)c6sc7ccccc7c6c5)cc4)cc3)cc2)cc1. The molecule has 0 aliphatic heterocycles. The smallest absolute Gasteiger partial charge is 0.0475 e. The summed E-state index contributed by atoms with van der Waals surface area (Å²) in [5.41, 5.74) is 13.1. The lowest BCUT2D eigenvalue weighted by molar-refractivity contribution is 1.29. The first-order valence-electron chi connectivity index (χ1n) is 18.4. The Bertz CT molecular complexity index is 2890. The zero-order chi connectivity index (χ0) is 35.8. The predicted octanol–water partition coefficient (Wildman–Crippen LogP) is 15.3. The van der Waals surface area contributed by atoms with Gasteiger partial charge >= 0.3 is 0 Å². The monoisotopic (exact) mass is 705 g/mol. The van der Waals surface area contributed by atoms with Crippen LogP contribution >= 0.6 is 11.3 Å². The van der Waals surface area contributed by atoms with Gasteiger partial charge in [-0.2, -0.15) is 0 Å². The summed E-state index contributed by atoms with van der Waals surface area (Å²) in [6, 6.07) is 77.1. The standard InChI is InChI=1S/C52H35NS/c1-3-11-36(12-4-1)38-19-21-39(22-20-38)40-23-25-41(26-24-40)42-29-31-46(32-30-42)53(45-15-5-2-6-16-45)47-34-49(44-28-27-37-13-7-8-14-43(37)33-44)52-50(35-47)48-17-9-10-18-51(48)54-52/h1-35H. The summed E-state index contributed by atoms with van der Waals surface area (Å²) < 4.78 is 2.62. The van der Waals surface area contributed by atoms with Crippen LogP contribution in [0.3, 0.4) is 0 Å². The van der Waals surface area contributed by atoms with Gasteiger partial charge in [0.1, 0.15) is 0 Å². The van der Waals surface area contributed by atoms with E-state index < -0.39 is 0 Å². The quantitative estimate of drug-likeness (QED) is 0.160. The van der Waals surface area contributed by atoms with Gasteiger partial charge in [0.25, 0.3) is 0 Å². The van der Waals surface area contributed by atoms with Gasteiger partial charge in [0, 0.05) is 42.8 Å². The lowest BCUT2D eigenvalue weighted by Gasteiger charge is -2.26. The fraction of sp³-hybridized carbons (Fsp3) is 0. The maximum Gasteiger partial charge on any atom is 0.0475 e. The minimum atomic E-state index is 1.11. The largest absolute Gasteiger partial charge is 0.310 e. The maximum atomic E-state index is 2.39. The number of nitrogens with zero attached hydrogens (tertiary/aromatic N) is 1. The first kappa shape index (κ1) is 32.0. The van der Waals surface area contributed by atoms with Crippen LogP contribution in [0.4, 0.5) is 17.1 Å². The molecule has 10 aromatic rings. The second-order valence-electron chi connectivity index (χ2n) is 13.8. The van der Waals surface area contributed by atoms with Crippen LogP contribution in [0.2, 0.25) is 0 Å². The van der Waals surface area contributed by atoms with Gasteiger partial charge in [-0.3, -0.25) is 0 Å². The third kappa shape index (κ3) is 5.93. The van der Waals surface area contributed by atoms with E-state index >= 15 is 0 Å². The highest BCUT2D eigenvalue weighted by atomic mass is 32.1. The van der Waals surface area contributed by atoms with Crippen molar-refractivity contribution in [2.45, 2.75) is 0 Å². The minimum absolute atomic E-state index is 1.11. The van der Waals surface area contributed by atoms with Crippen LogP contribution in [-0.4, -0.2) is 0 Å². The summed E-state index contributed by atoms with van der Waals surface area (Å²) in [7, 11) is 0. The highest BCUT2D eigenvalue weighted by molar-refractivity contribution is 7.26. The van der Waals surface area contributed by atoms with E-state index in [-0.39, 0.29) is 0 Å². The average Bonchev–Trinajstić information content (AvgIpc) is 3.63. The van der Waals surface area contributed by atoms with E-state index in [4.69, 9.17) is 0 Å². The third-order valence-electron chi connectivity index (χ3n) is 10.5. The lowest BCUT2D eigenvalue weighted by Crippen LogP contribution is -2.10. The Morgan fingerprint density at radius 3 is 1.43 bits per heavy atom. The van der Waals surface area contributed by atoms with E-state index in [0.29, 0.717) is 0 Å². The summed E-state index contributed by atoms with van der Waals surface area (Å²) in [6.07, 6.45) is 0. The molecule has 1 nitrogen and oxygen atoms in total. The highest BCUT2D eigenvalue weighted by Crippen LogP contribution is 2.46. The molecule has 0 N–H and O–H groups in total. The molecule has 10 rings (SSSR count). The van der Waals surface area contributed by atoms with Crippen molar-refractivity contribution in [3.63, 3.8) is 0 Å². The molecule has 2 heteroatoms. The first-order chi connectivity index (χ1) is 26.7. The Morgan fingerprint density at radius 1 is 0.296 bits per heavy atom. The topological polar surface area (TPSA) is 3.24 Å². The van der Waals surface area contributed by atoms with Crippen molar-refractivity contribution in [2.24, 2.45) is 0 Å². The second-order valence-corrected chi connectivity index (χ2v) is 14.8. The molecule has 1 heterocycles. The number of rotatable bonds is 7. The van der Waals surface area contributed by atoms with E-state index in [1.165, 1.54) is 75.5 Å². The third-order valence-corrected chi connectivity index (χ3v) is 11.7. The van der Waals surface area contributed by atoms with Gasteiger partial charge in [0.05, 0.1) is 0 Å². The zero-order valence-electron chi connectivity index (χ0n) is 29.6. The van der Waals surface area contributed by atoms with Crippen molar-refractivity contribution in [1.82, 2.24) is 0 Å². The van der Waals surface area contributed by atoms with Crippen molar-refractivity contribution in [2.75, 3.05) is 4.90 Å². The molecule has 0 saturated carbocycles. The number of hydrogen-bond acceptors (Lipinski definition) is 2. The Morgan fingerprint density at radius 2 is 0.778 bits per heavy atom. The van der Waals surface area contributed by atoms with Crippen molar-refractivity contribution in [3.05, 3.63) is 212 Å². The van der Waals surface area contributed by atoms with Gasteiger partial charge in [-0.05, 0) is 98.2 Å². The van der Waals surface area contributed by atoms with E-state index in [0.717, 1.165) is 17.1 Å². The molecule has 1 aromatic heterocycles. The number of fused-ring (bicyclic) bond motifs is 4. The fourth-order valence-corrected chi connectivity index (χ4v) is 8.90.